The summed E-state index contributed by atoms with van der Waals surface area (Å²) in [5.41, 5.74) is 2.88. The summed E-state index contributed by atoms with van der Waals surface area (Å²) in [5.74, 6) is 4.59. The summed E-state index contributed by atoms with van der Waals surface area (Å²) < 4.78 is 0. The fourth-order valence-corrected chi connectivity index (χ4v) is 2.56. The van der Waals surface area contributed by atoms with Crippen LogP contribution in [0, 0.1) is 0 Å². The Labute approximate surface area is 139 Å². The lowest BCUT2D eigenvalue weighted by atomic mass is 10.1. The molecule has 0 aliphatic carbocycles. The van der Waals surface area contributed by atoms with E-state index in [0.29, 0.717) is 5.56 Å². The Balaban J connectivity index is 2.29. The minimum absolute atomic E-state index is 0.0253. The summed E-state index contributed by atoms with van der Waals surface area (Å²) >= 11 is 0. The van der Waals surface area contributed by atoms with E-state index in [-0.39, 0.29) is 11.3 Å². The molecule has 1 amide bonds. The van der Waals surface area contributed by atoms with Gasteiger partial charge in [0.1, 0.15) is 5.75 Å². The minimum atomic E-state index is -0.485. The SMILES string of the molecule is CCCCCCCCCCC=Cc1cccc(C(=O)NN)c1O. The molecule has 1 aromatic rings. The van der Waals surface area contributed by atoms with Gasteiger partial charge in [-0.1, -0.05) is 76.2 Å². The average molecular weight is 318 g/mol. The van der Waals surface area contributed by atoms with Crippen LogP contribution in [0.3, 0.4) is 0 Å². The van der Waals surface area contributed by atoms with Crippen molar-refractivity contribution >= 4 is 12.0 Å². The van der Waals surface area contributed by atoms with Crippen molar-refractivity contribution < 1.29 is 9.90 Å². The Morgan fingerprint density at radius 1 is 1.13 bits per heavy atom. The number of amides is 1. The van der Waals surface area contributed by atoms with E-state index < -0.39 is 5.91 Å². The number of hydrogen-bond acceptors (Lipinski definition) is 3. The number of carbonyl (C=O) groups excluding carboxylic acids is 1. The van der Waals surface area contributed by atoms with E-state index >= 15 is 0 Å². The van der Waals surface area contributed by atoms with E-state index in [1.807, 2.05) is 11.5 Å². The molecule has 0 aliphatic heterocycles. The Morgan fingerprint density at radius 2 is 1.78 bits per heavy atom. The number of hydrogen-bond donors (Lipinski definition) is 3. The molecule has 4 nitrogen and oxygen atoms in total. The molecule has 0 aromatic heterocycles. The van der Waals surface area contributed by atoms with E-state index in [0.717, 1.165) is 12.8 Å². The van der Waals surface area contributed by atoms with Crippen molar-refractivity contribution in [1.82, 2.24) is 5.43 Å². The zero-order valence-electron chi connectivity index (χ0n) is 14.2. The van der Waals surface area contributed by atoms with E-state index in [1.54, 1.807) is 18.2 Å². The molecular formula is C19H30N2O2. The molecule has 0 unspecified atom stereocenters. The first-order valence-corrected chi connectivity index (χ1v) is 8.70. The van der Waals surface area contributed by atoms with Crippen LogP contribution in [-0.2, 0) is 0 Å². The molecule has 4 N–H and O–H groups in total. The van der Waals surface area contributed by atoms with Gasteiger partial charge in [-0.15, -0.1) is 0 Å². The van der Waals surface area contributed by atoms with Gasteiger partial charge < -0.3 is 5.11 Å². The number of phenolic OH excluding ortho intramolecular Hbond substituents is 1. The monoisotopic (exact) mass is 318 g/mol. The van der Waals surface area contributed by atoms with Gasteiger partial charge >= 0.3 is 0 Å². The Hall–Kier alpha value is -1.81. The molecule has 0 bridgehead atoms. The van der Waals surface area contributed by atoms with Crippen LogP contribution in [0.2, 0.25) is 0 Å². The number of para-hydroxylation sites is 1. The second-order valence-corrected chi connectivity index (χ2v) is 5.88. The maximum absolute atomic E-state index is 11.5. The van der Waals surface area contributed by atoms with Crippen molar-refractivity contribution in [2.75, 3.05) is 0 Å². The van der Waals surface area contributed by atoms with Crippen molar-refractivity contribution in [3.8, 4) is 5.75 Å². The van der Waals surface area contributed by atoms with Crippen molar-refractivity contribution in [3.05, 3.63) is 35.4 Å². The number of nitrogen functional groups attached to an aromatic ring is 1. The smallest absolute Gasteiger partial charge is 0.268 e. The van der Waals surface area contributed by atoms with Crippen LogP contribution in [0.5, 0.6) is 5.75 Å². The Kier molecular flexibility index (Phi) is 9.80. The highest BCUT2D eigenvalue weighted by atomic mass is 16.3. The van der Waals surface area contributed by atoms with Gasteiger partial charge in [-0.05, 0) is 18.9 Å². The molecule has 0 atom stereocenters. The summed E-state index contributed by atoms with van der Waals surface area (Å²) in [4.78, 5) is 11.5. The highest BCUT2D eigenvalue weighted by Gasteiger charge is 2.11. The van der Waals surface area contributed by atoms with E-state index in [4.69, 9.17) is 5.84 Å². The predicted molar refractivity (Wildman–Crippen MR) is 96.0 cm³/mol. The molecule has 0 spiro atoms. The molecule has 4 heteroatoms. The highest BCUT2D eigenvalue weighted by molar-refractivity contribution is 5.97. The van der Waals surface area contributed by atoms with E-state index in [9.17, 15) is 9.90 Å². The summed E-state index contributed by atoms with van der Waals surface area (Å²) in [6.07, 6.45) is 15.3. The number of nitrogens with two attached hydrogens (primary N) is 1. The number of carbonyl (C=O) groups is 1. The minimum Gasteiger partial charge on any atom is -0.506 e. The maximum atomic E-state index is 11.5. The molecule has 0 saturated carbocycles. The third-order valence-electron chi connectivity index (χ3n) is 3.96. The third kappa shape index (κ3) is 7.33. The van der Waals surface area contributed by atoms with Gasteiger partial charge in [0.2, 0.25) is 0 Å². The number of benzene rings is 1. The quantitative estimate of drug-likeness (QED) is 0.243. The van der Waals surface area contributed by atoms with Crippen LogP contribution in [-0.4, -0.2) is 11.0 Å². The van der Waals surface area contributed by atoms with Crippen LogP contribution in [0.4, 0.5) is 0 Å². The number of unbranched alkanes of at least 4 members (excludes halogenated alkanes) is 8. The number of allylic oxidation sites excluding steroid dienone is 1. The number of nitrogens with one attached hydrogen (secondary N) is 1. The third-order valence-corrected chi connectivity index (χ3v) is 3.96. The molecule has 23 heavy (non-hydrogen) atoms. The molecule has 1 aromatic carbocycles. The normalized spacial score (nSPS) is 11.0. The van der Waals surface area contributed by atoms with E-state index in [2.05, 4.69) is 13.0 Å². The van der Waals surface area contributed by atoms with Crippen LogP contribution < -0.4 is 11.3 Å². The van der Waals surface area contributed by atoms with Crippen molar-refractivity contribution in [2.45, 2.75) is 64.7 Å². The van der Waals surface area contributed by atoms with E-state index in [1.165, 1.54) is 44.9 Å². The maximum Gasteiger partial charge on any atom is 0.268 e. The molecule has 0 fully saturated rings. The topological polar surface area (TPSA) is 75.4 Å². The van der Waals surface area contributed by atoms with Crippen LogP contribution in [0.1, 0.15) is 80.6 Å². The summed E-state index contributed by atoms with van der Waals surface area (Å²) in [5, 5.41) is 10.1. The Morgan fingerprint density at radius 3 is 2.43 bits per heavy atom. The summed E-state index contributed by atoms with van der Waals surface area (Å²) in [6.45, 7) is 2.24. The molecule has 128 valence electrons. The van der Waals surface area contributed by atoms with Gasteiger partial charge in [0.15, 0.2) is 0 Å². The van der Waals surface area contributed by atoms with Gasteiger partial charge in [-0.3, -0.25) is 10.2 Å². The molecule has 0 radical (unpaired) electrons. The van der Waals surface area contributed by atoms with Crippen LogP contribution in [0.25, 0.3) is 6.08 Å². The van der Waals surface area contributed by atoms with Gasteiger partial charge in [-0.2, -0.15) is 0 Å². The average Bonchev–Trinajstić information content (AvgIpc) is 2.57. The lowest BCUT2D eigenvalue weighted by Gasteiger charge is -2.05. The molecular weight excluding hydrogens is 288 g/mol. The second kappa shape index (κ2) is 11.7. The summed E-state index contributed by atoms with van der Waals surface area (Å²) in [6, 6.07) is 5.07. The lowest BCUT2D eigenvalue weighted by molar-refractivity contribution is 0.0951. The van der Waals surface area contributed by atoms with Crippen LogP contribution in [0.15, 0.2) is 24.3 Å². The zero-order chi connectivity index (χ0) is 16.9. The fourth-order valence-electron chi connectivity index (χ4n) is 2.56. The van der Waals surface area contributed by atoms with Crippen molar-refractivity contribution in [2.24, 2.45) is 5.84 Å². The largest absolute Gasteiger partial charge is 0.506 e. The molecule has 0 saturated heterocycles. The fraction of sp³-hybridized carbons (Fsp3) is 0.526. The van der Waals surface area contributed by atoms with Crippen molar-refractivity contribution in [1.29, 1.82) is 0 Å². The first-order valence-electron chi connectivity index (χ1n) is 8.70. The van der Waals surface area contributed by atoms with Gasteiger partial charge in [0.25, 0.3) is 5.91 Å². The second-order valence-electron chi connectivity index (χ2n) is 5.88. The number of hydrazine groups is 1. The highest BCUT2D eigenvalue weighted by Crippen LogP contribution is 2.23. The molecule has 1 rings (SSSR count). The zero-order valence-corrected chi connectivity index (χ0v) is 14.2. The first kappa shape index (κ1) is 19.2. The number of phenols is 1. The first-order chi connectivity index (χ1) is 11.2. The number of rotatable bonds is 11. The summed E-state index contributed by atoms with van der Waals surface area (Å²) in [7, 11) is 0. The number of aromatic hydroxyl groups is 1. The predicted octanol–water partition coefficient (Wildman–Crippen LogP) is 4.54. The molecule has 0 aliphatic rings. The standard InChI is InChI=1S/C19H30N2O2/c1-2-3-4-5-6-7-8-9-10-11-13-16-14-12-15-17(18(16)22)19(23)21-20/h11-15,22H,2-10,20H2,1H3,(H,21,23). The van der Waals surface area contributed by atoms with Crippen molar-refractivity contribution in [3.63, 3.8) is 0 Å². The van der Waals surface area contributed by atoms with Gasteiger partial charge in [0.05, 0.1) is 5.56 Å². The van der Waals surface area contributed by atoms with Gasteiger partial charge in [0, 0.05) is 5.56 Å². The Bertz CT molecular complexity index is 498. The molecule has 0 heterocycles. The van der Waals surface area contributed by atoms with Gasteiger partial charge in [-0.25, -0.2) is 5.84 Å². The lowest BCUT2D eigenvalue weighted by Crippen LogP contribution is -2.30. The van der Waals surface area contributed by atoms with Crippen LogP contribution >= 0.6 is 0 Å².